The summed E-state index contributed by atoms with van der Waals surface area (Å²) in [7, 11) is 1.70. The van der Waals surface area contributed by atoms with E-state index in [-0.39, 0.29) is 24.0 Å². The lowest BCUT2D eigenvalue weighted by atomic mass is 10.2. The molecular weight excluding hydrogens is 403 g/mol. The largest absolute Gasteiger partial charge is 0.492 e. The topological polar surface area (TPSA) is 45.7 Å². The third-order valence-electron chi connectivity index (χ3n) is 3.13. The number of nitrogens with one attached hydrogen (secondary N) is 2. The highest BCUT2D eigenvalue weighted by atomic mass is 127. The Balaban J connectivity index is 0.00000242. The fourth-order valence-electron chi connectivity index (χ4n) is 2.03. The Morgan fingerprint density at radius 1 is 1.27 bits per heavy atom. The SMILES string of the molecule is CN=C(NCCOc1ccc(F)c(F)c1)NC1CC=CC1.I. The van der Waals surface area contributed by atoms with Crippen molar-refractivity contribution in [3.63, 3.8) is 0 Å². The van der Waals surface area contributed by atoms with E-state index in [2.05, 4.69) is 27.8 Å². The van der Waals surface area contributed by atoms with Gasteiger partial charge in [0.2, 0.25) is 0 Å². The first-order valence-electron chi connectivity index (χ1n) is 6.89. The molecule has 22 heavy (non-hydrogen) atoms. The van der Waals surface area contributed by atoms with Crippen LogP contribution in [0, 0.1) is 11.6 Å². The van der Waals surface area contributed by atoms with E-state index in [0.29, 0.717) is 30.9 Å². The van der Waals surface area contributed by atoms with Crippen LogP contribution in [0.3, 0.4) is 0 Å². The fourth-order valence-corrected chi connectivity index (χ4v) is 2.03. The van der Waals surface area contributed by atoms with Gasteiger partial charge in [-0.15, -0.1) is 24.0 Å². The number of ether oxygens (including phenoxy) is 1. The summed E-state index contributed by atoms with van der Waals surface area (Å²) in [5, 5.41) is 6.40. The Bertz CT molecular complexity index is 530. The summed E-state index contributed by atoms with van der Waals surface area (Å²) in [6, 6.07) is 3.86. The van der Waals surface area contributed by atoms with Crippen molar-refractivity contribution in [1.82, 2.24) is 10.6 Å². The van der Waals surface area contributed by atoms with Crippen LogP contribution in [0.15, 0.2) is 35.3 Å². The summed E-state index contributed by atoms with van der Waals surface area (Å²) >= 11 is 0. The summed E-state index contributed by atoms with van der Waals surface area (Å²) in [5.74, 6) is -0.779. The fraction of sp³-hybridized carbons (Fsp3) is 0.400. The average molecular weight is 423 g/mol. The molecule has 0 unspecified atom stereocenters. The van der Waals surface area contributed by atoms with Crippen molar-refractivity contribution < 1.29 is 13.5 Å². The van der Waals surface area contributed by atoms with Crippen LogP contribution < -0.4 is 15.4 Å². The third-order valence-corrected chi connectivity index (χ3v) is 3.13. The van der Waals surface area contributed by atoms with Gasteiger partial charge >= 0.3 is 0 Å². The Hall–Kier alpha value is -1.38. The number of benzene rings is 1. The summed E-state index contributed by atoms with van der Waals surface area (Å²) in [5.41, 5.74) is 0. The molecule has 0 aliphatic heterocycles. The Morgan fingerprint density at radius 3 is 2.64 bits per heavy atom. The van der Waals surface area contributed by atoms with Crippen LogP contribution in [0.2, 0.25) is 0 Å². The molecule has 0 saturated carbocycles. The van der Waals surface area contributed by atoms with Gasteiger partial charge in [0, 0.05) is 19.2 Å². The number of hydrogen-bond donors (Lipinski definition) is 2. The average Bonchev–Trinajstić information content (AvgIpc) is 2.99. The standard InChI is InChI=1S/C15H19F2N3O.HI/c1-18-15(20-11-4-2-3-5-11)19-8-9-21-12-6-7-13(16)14(17)10-12;/h2-3,6-7,10-11H,4-5,8-9H2,1H3,(H2,18,19,20);1H. The van der Waals surface area contributed by atoms with Crippen LogP contribution in [0.5, 0.6) is 5.75 Å². The second-order valence-electron chi connectivity index (χ2n) is 4.71. The number of aliphatic imine (C=N–C) groups is 1. The highest BCUT2D eigenvalue weighted by Gasteiger charge is 2.11. The number of halogens is 3. The zero-order chi connectivity index (χ0) is 15.1. The summed E-state index contributed by atoms with van der Waals surface area (Å²) in [6.45, 7) is 0.841. The molecule has 0 radical (unpaired) electrons. The molecule has 0 bridgehead atoms. The molecule has 1 aliphatic rings. The highest BCUT2D eigenvalue weighted by molar-refractivity contribution is 14.0. The van der Waals surface area contributed by atoms with Gasteiger partial charge in [-0.3, -0.25) is 4.99 Å². The first kappa shape index (κ1) is 18.7. The lowest BCUT2D eigenvalue weighted by Crippen LogP contribution is -2.43. The van der Waals surface area contributed by atoms with Crippen molar-refractivity contribution in [2.45, 2.75) is 18.9 Å². The van der Waals surface area contributed by atoms with E-state index in [9.17, 15) is 8.78 Å². The van der Waals surface area contributed by atoms with Gasteiger partial charge in [0.25, 0.3) is 0 Å². The van der Waals surface area contributed by atoms with Crippen molar-refractivity contribution in [3.8, 4) is 5.75 Å². The smallest absolute Gasteiger partial charge is 0.191 e. The van der Waals surface area contributed by atoms with Crippen LogP contribution in [-0.4, -0.2) is 32.2 Å². The molecule has 7 heteroatoms. The number of guanidine groups is 1. The van der Waals surface area contributed by atoms with Crippen molar-refractivity contribution in [2.24, 2.45) is 4.99 Å². The van der Waals surface area contributed by atoms with Crippen LogP contribution in [0.25, 0.3) is 0 Å². The molecule has 0 saturated heterocycles. The van der Waals surface area contributed by atoms with Gasteiger partial charge in [-0.2, -0.15) is 0 Å². The van der Waals surface area contributed by atoms with E-state index in [1.54, 1.807) is 7.05 Å². The molecule has 2 rings (SSSR count). The van der Waals surface area contributed by atoms with Crippen molar-refractivity contribution in [3.05, 3.63) is 42.0 Å². The highest BCUT2D eigenvalue weighted by Crippen LogP contribution is 2.15. The summed E-state index contributed by atoms with van der Waals surface area (Å²) in [4.78, 5) is 4.12. The van der Waals surface area contributed by atoms with Gasteiger partial charge in [-0.1, -0.05) is 12.2 Å². The molecule has 0 heterocycles. The molecule has 0 spiro atoms. The molecule has 0 amide bonds. The van der Waals surface area contributed by atoms with Crippen molar-refractivity contribution in [1.29, 1.82) is 0 Å². The predicted octanol–water partition coefficient (Wildman–Crippen LogP) is 2.85. The van der Waals surface area contributed by atoms with Crippen LogP contribution in [-0.2, 0) is 0 Å². The summed E-state index contributed by atoms with van der Waals surface area (Å²) in [6.07, 6.45) is 6.26. The van der Waals surface area contributed by atoms with E-state index in [1.807, 2.05) is 0 Å². The minimum atomic E-state index is -0.910. The normalized spacial score (nSPS) is 14.6. The second-order valence-corrected chi connectivity index (χ2v) is 4.71. The Labute approximate surface area is 146 Å². The molecule has 0 aromatic heterocycles. The molecule has 1 aromatic rings. The maximum absolute atomic E-state index is 13.0. The third kappa shape index (κ3) is 5.78. The number of hydrogen-bond acceptors (Lipinski definition) is 2. The monoisotopic (exact) mass is 423 g/mol. The van der Waals surface area contributed by atoms with Gasteiger partial charge in [-0.25, -0.2) is 8.78 Å². The van der Waals surface area contributed by atoms with E-state index in [0.717, 1.165) is 25.0 Å². The molecular formula is C15H20F2IN3O. The lowest BCUT2D eigenvalue weighted by Gasteiger charge is -2.17. The quantitative estimate of drug-likeness (QED) is 0.252. The van der Waals surface area contributed by atoms with Gasteiger partial charge in [-0.05, 0) is 25.0 Å². The molecule has 1 aliphatic carbocycles. The minimum absolute atomic E-state index is 0. The predicted molar refractivity (Wildman–Crippen MR) is 93.9 cm³/mol. The summed E-state index contributed by atoms with van der Waals surface area (Å²) < 4.78 is 31.1. The van der Waals surface area contributed by atoms with E-state index >= 15 is 0 Å². The Kier molecular flexibility index (Phi) is 8.15. The van der Waals surface area contributed by atoms with Crippen LogP contribution in [0.1, 0.15) is 12.8 Å². The zero-order valence-corrected chi connectivity index (χ0v) is 14.6. The van der Waals surface area contributed by atoms with Crippen LogP contribution >= 0.6 is 24.0 Å². The van der Waals surface area contributed by atoms with Gasteiger partial charge in [0.05, 0.1) is 6.54 Å². The molecule has 2 N–H and O–H groups in total. The lowest BCUT2D eigenvalue weighted by molar-refractivity contribution is 0.318. The van der Waals surface area contributed by atoms with Gasteiger partial charge in [0.15, 0.2) is 17.6 Å². The van der Waals surface area contributed by atoms with Crippen LogP contribution in [0.4, 0.5) is 8.78 Å². The van der Waals surface area contributed by atoms with Crippen molar-refractivity contribution in [2.75, 3.05) is 20.2 Å². The van der Waals surface area contributed by atoms with E-state index in [1.165, 1.54) is 6.07 Å². The maximum Gasteiger partial charge on any atom is 0.191 e. The number of nitrogens with zero attached hydrogens (tertiary/aromatic N) is 1. The molecule has 0 fully saturated rings. The maximum atomic E-state index is 13.0. The number of rotatable bonds is 5. The van der Waals surface area contributed by atoms with E-state index < -0.39 is 11.6 Å². The van der Waals surface area contributed by atoms with Crippen molar-refractivity contribution >= 4 is 29.9 Å². The van der Waals surface area contributed by atoms with Gasteiger partial charge < -0.3 is 15.4 Å². The molecule has 122 valence electrons. The second kappa shape index (κ2) is 9.60. The first-order chi connectivity index (χ1) is 10.2. The zero-order valence-electron chi connectivity index (χ0n) is 12.3. The minimum Gasteiger partial charge on any atom is -0.492 e. The Morgan fingerprint density at radius 2 is 2.00 bits per heavy atom. The molecule has 1 aromatic carbocycles. The van der Waals surface area contributed by atoms with Gasteiger partial charge in [0.1, 0.15) is 12.4 Å². The molecule has 4 nitrogen and oxygen atoms in total. The van der Waals surface area contributed by atoms with E-state index in [4.69, 9.17) is 4.74 Å². The molecule has 0 atom stereocenters. The first-order valence-corrected chi connectivity index (χ1v) is 6.89.